The van der Waals surface area contributed by atoms with Crippen LogP contribution in [0.3, 0.4) is 0 Å². The van der Waals surface area contributed by atoms with Crippen LogP contribution in [0.5, 0.6) is 0 Å². The Morgan fingerprint density at radius 2 is 1.42 bits per heavy atom. The van der Waals surface area contributed by atoms with Crippen LogP contribution in [0.4, 0.5) is 5.69 Å². The fraction of sp³-hybridized carbons (Fsp3) is 0.0323. The summed E-state index contributed by atoms with van der Waals surface area (Å²) in [5.74, 6) is -0.0835. The molecule has 0 radical (unpaired) electrons. The van der Waals surface area contributed by atoms with Crippen molar-refractivity contribution in [1.29, 1.82) is 0 Å². The molecule has 1 amide bonds. The molecule has 186 valence electrons. The monoisotopic (exact) mass is 501 g/mol. The van der Waals surface area contributed by atoms with Gasteiger partial charge in [0.1, 0.15) is 0 Å². The third-order valence-electron chi connectivity index (χ3n) is 5.78. The van der Waals surface area contributed by atoms with Gasteiger partial charge < -0.3 is 5.32 Å². The molecule has 0 aliphatic rings. The summed E-state index contributed by atoms with van der Waals surface area (Å²) in [4.78, 5) is 41.5. The number of para-hydroxylation sites is 1. The zero-order chi connectivity index (χ0) is 26.7. The molecule has 7 heteroatoms. The number of Topliss-reactive ketones (excluding diaryl/α,β-unsaturated/α-hetero) is 1. The number of ketones is 1. The number of hydrogen-bond acceptors (Lipinski definition) is 5. The lowest BCUT2D eigenvalue weighted by Crippen LogP contribution is -2.12. The molecular formula is C31H23N3O4. The normalized spacial score (nSPS) is 10.4. The van der Waals surface area contributed by atoms with Crippen LogP contribution >= 0.6 is 0 Å². The Labute approximate surface area is 218 Å². The number of hydrogen-bond donors (Lipinski definition) is 2. The van der Waals surface area contributed by atoms with Crippen LogP contribution in [0.25, 0.3) is 23.1 Å². The molecule has 5 aromatic rings. The Hall–Kier alpha value is -5.39. The smallest absolute Gasteiger partial charge is 0.321 e. The maximum Gasteiger partial charge on any atom is 0.373 e. The first-order valence-corrected chi connectivity index (χ1v) is 11.8. The van der Waals surface area contributed by atoms with E-state index in [4.69, 9.17) is 9.59 Å². The second-order valence-corrected chi connectivity index (χ2v) is 8.28. The highest BCUT2D eigenvalue weighted by Gasteiger charge is 2.10. The molecule has 0 saturated carbocycles. The molecule has 0 saturated heterocycles. The number of H-pyrrole nitrogens is 1. The Kier molecular flexibility index (Phi) is 8.48. The molecule has 0 aliphatic heterocycles. The van der Waals surface area contributed by atoms with Gasteiger partial charge in [-0.15, -0.1) is 0 Å². The van der Waals surface area contributed by atoms with Crippen molar-refractivity contribution < 1.29 is 19.2 Å². The summed E-state index contributed by atoms with van der Waals surface area (Å²) >= 11 is 0. The van der Waals surface area contributed by atoms with Gasteiger partial charge in [0.25, 0.3) is 5.91 Å². The average Bonchev–Trinajstić information content (AvgIpc) is 3.36. The van der Waals surface area contributed by atoms with E-state index >= 15 is 0 Å². The van der Waals surface area contributed by atoms with Crippen LogP contribution in [0, 0.1) is 0 Å². The summed E-state index contributed by atoms with van der Waals surface area (Å²) in [5, 5.41) is 11.4. The lowest BCUT2D eigenvalue weighted by atomic mass is 10.0. The van der Waals surface area contributed by atoms with Crippen molar-refractivity contribution in [1.82, 2.24) is 10.2 Å². The minimum atomic E-state index is -0.161. The molecule has 0 aliphatic carbocycles. The van der Waals surface area contributed by atoms with Crippen molar-refractivity contribution in [3.8, 4) is 0 Å². The highest BCUT2D eigenvalue weighted by atomic mass is 16.2. The predicted molar refractivity (Wildman–Crippen MR) is 145 cm³/mol. The molecule has 2 N–H and O–H groups in total. The topological polar surface area (TPSA) is 109 Å². The molecule has 0 fully saturated rings. The van der Waals surface area contributed by atoms with Crippen LogP contribution in [-0.2, 0) is 16.0 Å². The third-order valence-corrected chi connectivity index (χ3v) is 5.78. The van der Waals surface area contributed by atoms with Gasteiger partial charge in [-0.1, -0.05) is 78.9 Å². The number of nitrogens with one attached hydrogen (secondary N) is 2. The minimum absolute atomic E-state index is 0.0774. The Morgan fingerprint density at radius 3 is 2.13 bits per heavy atom. The summed E-state index contributed by atoms with van der Waals surface area (Å²) in [5.41, 5.74) is 5.48. The number of rotatable bonds is 7. The van der Waals surface area contributed by atoms with Gasteiger partial charge in [-0.25, -0.2) is 0 Å². The maximum atomic E-state index is 12.6. The Bertz CT molecular complexity index is 1620. The first-order chi connectivity index (χ1) is 18.6. The molecule has 0 atom stereocenters. The lowest BCUT2D eigenvalue weighted by molar-refractivity contribution is -0.191. The molecule has 1 aromatic heterocycles. The first-order valence-electron chi connectivity index (χ1n) is 11.8. The van der Waals surface area contributed by atoms with E-state index in [1.807, 2.05) is 103 Å². The summed E-state index contributed by atoms with van der Waals surface area (Å²) in [7, 11) is 0. The zero-order valence-corrected chi connectivity index (χ0v) is 20.3. The van der Waals surface area contributed by atoms with Crippen molar-refractivity contribution in [3.63, 3.8) is 0 Å². The van der Waals surface area contributed by atoms with E-state index < -0.39 is 0 Å². The number of nitrogens with zero attached hydrogens (tertiary/aromatic N) is 1. The second kappa shape index (κ2) is 12.5. The first kappa shape index (κ1) is 25.7. The summed E-state index contributed by atoms with van der Waals surface area (Å²) in [6, 6.07) is 31.9. The van der Waals surface area contributed by atoms with Crippen molar-refractivity contribution >= 4 is 46.6 Å². The summed E-state index contributed by atoms with van der Waals surface area (Å²) < 4.78 is 0. The molecule has 5 rings (SSSR count). The number of aromatic amines is 1. The standard InChI is InChI=1S/C30H23N3O2.CO2/c34-29(23-10-3-1-4-11-23)20-21-15-17-27-25(19-21)28(33-32-27)18-16-22-9-7-8-14-26(22)31-30(35)24-12-5-2-6-13-24;2-1-3/h1-19H,20H2,(H,31,35)(H,32,33);/b18-16+;. The van der Waals surface area contributed by atoms with Gasteiger partial charge in [0.05, 0.1) is 11.2 Å². The quantitative estimate of drug-likeness (QED) is 0.273. The number of benzene rings is 4. The Morgan fingerprint density at radius 1 is 0.789 bits per heavy atom. The van der Waals surface area contributed by atoms with Crippen molar-refractivity contribution in [3.05, 3.63) is 131 Å². The van der Waals surface area contributed by atoms with Gasteiger partial charge in [0, 0.05) is 28.6 Å². The Balaban J connectivity index is 0.00000107. The average molecular weight is 502 g/mol. The second-order valence-electron chi connectivity index (χ2n) is 8.28. The highest BCUT2D eigenvalue weighted by molar-refractivity contribution is 6.05. The SMILES string of the molecule is O=C(Cc1ccc2n[nH]c(/C=C/c3ccccc3NC(=O)c3ccccc3)c2c1)c1ccccc1.O=C=O. The maximum absolute atomic E-state index is 12.6. The minimum Gasteiger partial charge on any atom is -0.321 e. The van der Waals surface area contributed by atoms with Crippen LogP contribution < -0.4 is 5.32 Å². The number of fused-ring (bicyclic) bond motifs is 1. The highest BCUT2D eigenvalue weighted by Crippen LogP contribution is 2.23. The number of amides is 1. The summed E-state index contributed by atoms with van der Waals surface area (Å²) in [6.45, 7) is 0. The number of carbonyl (C=O) groups excluding carboxylic acids is 4. The van der Waals surface area contributed by atoms with Gasteiger partial charge in [-0.3, -0.25) is 14.7 Å². The van der Waals surface area contributed by atoms with Crippen molar-refractivity contribution in [2.75, 3.05) is 5.32 Å². The van der Waals surface area contributed by atoms with E-state index in [-0.39, 0.29) is 17.8 Å². The zero-order valence-electron chi connectivity index (χ0n) is 20.3. The van der Waals surface area contributed by atoms with Gasteiger partial charge in [0.2, 0.25) is 0 Å². The van der Waals surface area contributed by atoms with E-state index in [0.717, 1.165) is 33.4 Å². The van der Waals surface area contributed by atoms with E-state index in [0.29, 0.717) is 17.5 Å². The van der Waals surface area contributed by atoms with Gasteiger partial charge in [0.15, 0.2) is 5.78 Å². The molecule has 0 spiro atoms. The van der Waals surface area contributed by atoms with Crippen LogP contribution in [0.1, 0.15) is 37.5 Å². The largest absolute Gasteiger partial charge is 0.373 e. The van der Waals surface area contributed by atoms with E-state index in [1.54, 1.807) is 12.1 Å². The molecule has 7 nitrogen and oxygen atoms in total. The van der Waals surface area contributed by atoms with Crippen LogP contribution in [-0.4, -0.2) is 28.0 Å². The van der Waals surface area contributed by atoms with Gasteiger partial charge >= 0.3 is 6.15 Å². The fourth-order valence-electron chi connectivity index (χ4n) is 3.94. The van der Waals surface area contributed by atoms with E-state index in [1.165, 1.54) is 0 Å². The molecule has 1 heterocycles. The van der Waals surface area contributed by atoms with E-state index in [2.05, 4.69) is 15.5 Å². The predicted octanol–water partition coefficient (Wildman–Crippen LogP) is 5.83. The molecule has 0 bridgehead atoms. The van der Waals surface area contributed by atoms with Crippen molar-refractivity contribution in [2.24, 2.45) is 0 Å². The van der Waals surface area contributed by atoms with Crippen LogP contribution in [0.15, 0.2) is 103 Å². The number of aromatic nitrogens is 2. The van der Waals surface area contributed by atoms with Crippen molar-refractivity contribution in [2.45, 2.75) is 6.42 Å². The third kappa shape index (κ3) is 6.43. The molecule has 4 aromatic carbocycles. The number of anilines is 1. The molecule has 38 heavy (non-hydrogen) atoms. The lowest BCUT2D eigenvalue weighted by Gasteiger charge is -2.08. The molecular weight excluding hydrogens is 478 g/mol. The molecule has 0 unspecified atom stereocenters. The van der Waals surface area contributed by atoms with Crippen LogP contribution in [0.2, 0.25) is 0 Å². The fourth-order valence-corrected chi connectivity index (χ4v) is 3.94. The summed E-state index contributed by atoms with van der Waals surface area (Å²) in [6.07, 6.45) is 4.45. The van der Waals surface area contributed by atoms with Gasteiger partial charge in [-0.05, 0) is 47.5 Å². The van der Waals surface area contributed by atoms with E-state index in [9.17, 15) is 9.59 Å². The van der Waals surface area contributed by atoms with Gasteiger partial charge in [-0.2, -0.15) is 14.7 Å². The number of carbonyl (C=O) groups is 2.